The first-order chi connectivity index (χ1) is 4.34. The highest BCUT2D eigenvalue weighted by Gasteiger charge is 2.04. The molecule has 50 valence electrons. The number of H-pyrrole nitrogens is 1. The molecule has 0 aromatic carbocycles. The topological polar surface area (TPSA) is 74.9 Å². The predicted octanol–water partition coefficient (Wildman–Crippen LogP) is -0.598. The summed E-state index contributed by atoms with van der Waals surface area (Å²) < 4.78 is 0. The van der Waals surface area contributed by atoms with Gasteiger partial charge in [0, 0.05) is 18.9 Å². The average molecular weight is 127 g/mol. The van der Waals surface area contributed by atoms with E-state index >= 15 is 0 Å². The lowest BCUT2D eigenvalue weighted by atomic mass is 10.3. The number of aromatic amines is 1. The van der Waals surface area contributed by atoms with Gasteiger partial charge in [0.25, 0.3) is 0 Å². The van der Waals surface area contributed by atoms with Gasteiger partial charge in [-0.15, -0.1) is 0 Å². The van der Waals surface area contributed by atoms with Gasteiger partial charge in [-0.25, -0.2) is 4.98 Å². The zero-order chi connectivity index (χ0) is 6.69. The van der Waals surface area contributed by atoms with E-state index in [0.717, 1.165) is 0 Å². The Morgan fingerprint density at radius 2 is 2.67 bits per heavy atom. The van der Waals surface area contributed by atoms with E-state index in [0.29, 0.717) is 5.82 Å². The fourth-order valence-electron chi connectivity index (χ4n) is 0.571. The fraction of sp³-hybridized carbons (Fsp3) is 0.400. The van der Waals surface area contributed by atoms with Gasteiger partial charge in [-0.1, -0.05) is 0 Å². The maximum Gasteiger partial charge on any atom is 0.136 e. The Bertz CT molecular complexity index is 161. The lowest BCUT2D eigenvalue weighted by Crippen LogP contribution is -2.12. The summed E-state index contributed by atoms with van der Waals surface area (Å²) in [6.07, 6.45) is 2.57. The number of imidazole rings is 1. The molecule has 0 spiro atoms. The van der Waals surface area contributed by atoms with Gasteiger partial charge in [-0.3, -0.25) is 0 Å². The van der Waals surface area contributed by atoms with E-state index in [9.17, 15) is 0 Å². The molecule has 4 N–H and O–H groups in total. The van der Waals surface area contributed by atoms with Crippen molar-refractivity contribution >= 4 is 0 Å². The molecule has 1 unspecified atom stereocenters. The van der Waals surface area contributed by atoms with Crippen molar-refractivity contribution in [1.82, 2.24) is 9.97 Å². The Morgan fingerprint density at radius 3 is 3.11 bits per heavy atom. The summed E-state index contributed by atoms with van der Waals surface area (Å²) in [5.41, 5.74) is 5.15. The highest BCUT2D eigenvalue weighted by atomic mass is 16.3. The molecule has 0 aliphatic heterocycles. The van der Waals surface area contributed by atoms with Gasteiger partial charge in [0.1, 0.15) is 11.9 Å². The van der Waals surface area contributed by atoms with Crippen LogP contribution in [0.3, 0.4) is 0 Å². The Morgan fingerprint density at radius 1 is 1.89 bits per heavy atom. The largest absolute Gasteiger partial charge is 0.384 e. The third kappa shape index (κ3) is 1.28. The number of nitrogens with zero attached hydrogens (tertiary/aromatic N) is 1. The summed E-state index contributed by atoms with van der Waals surface area (Å²) in [6.45, 7) is 0.202. The molecule has 4 heteroatoms. The molecule has 0 saturated carbocycles. The van der Waals surface area contributed by atoms with Crippen molar-refractivity contribution in [3.63, 3.8) is 0 Å². The van der Waals surface area contributed by atoms with Crippen LogP contribution < -0.4 is 5.73 Å². The van der Waals surface area contributed by atoms with Crippen LogP contribution in [0.1, 0.15) is 11.9 Å². The van der Waals surface area contributed by atoms with Crippen LogP contribution >= 0.6 is 0 Å². The first-order valence-corrected chi connectivity index (χ1v) is 2.72. The van der Waals surface area contributed by atoms with E-state index in [4.69, 9.17) is 10.8 Å². The molecule has 1 rings (SSSR count). The van der Waals surface area contributed by atoms with Gasteiger partial charge in [0.05, 0.1) is 0 Å². The molecule has 0 aliphatic carbocycles. The second-order valence-electron chi connectivity index (χ2n) is 1.73. The molecule has 9 heavy (non-hydrogen) atoms. The molecular weight excluding hydrogens is 118 g/mol. The Balaban J connectivity index is 2.65. The highest BCUT2D eigenvalue weighted by molar-refractivity contribution is 4.91. The van der Waals surface area contributed by atoms with Crippen LogP contribution in [0.5, 0.6) is 0 Å². The molecule has 0 fully saturated rings. The van der Waals surface area contributed by atoms with Crippen LogP contribution in [0.15, 0.2) is 12.4 Å². The molecular formula is C5H9N3O. The average Bonchev–Trinajstić information content (AvgIpc) is 2.37. The number of hydrogen-bond donors (Lipinski definition) is 3. The summed E-state index contributed by atoms with van der Waals surface area (Å²) in [7, 11) is 0. The maximum absolute atomic E-state index is 9.00. The molecule has 0 saturated heterocycles. The van der Waals surface area contributed by atoms with Crippen LogP contribution in [0.25, 0.3) is 0 Å². The van der Waals surface area contributed by atoms with Crippen molar-refractivity contribution < 1.29 is 5.11 Å². The van der Waals surface area contributed by atoms with E-state index in [1.54, 1.807) is 12.4 Å². The van der Waals surface area contributed by atoms with Crippen molar-refractivity contribution in [2.45, 2.75) is 6.10 Å². The first-order valence-electron chi connectivity index (χ1n) is 2.72. The number of aliphatic hydroxyl groups is 1. The third-order valence-electron chi connectivity index (χ3n) is 1.06. The first kappa shape index (κ1) is 6.25. The van der Waals surface area contributed by atoms with Crippen molar-refractivity contribution in [3.05, 3.63) is 18.2 Å². The second-order valence-corrected chi connectivity index (χ2v) is 1.73. The number of hydrogen-bond acceptors (Lipinski definition) is 3. The lowest BCUT2D eigenvalue weighted by molar-refractivity contribution is 0.177. The minimum atomic E-state index is -0.653. The molecule has 1 heterocycles. The van der Waals surface area contributed by atoms with Crippen LogP contribution in [-0.2, 0) is 0 Å². The van der Waals surface area contributed by atoms with Crippen LogP contribution in [0, 0.1) is 0 Å². The number of nitrogens with one attached hydrogen (secondary N) is 1. The van der Waals surface area contributed by atoms with E-state index in [1.807, 2.05) is 0 Å². The minimum absolute atomic E-state index is 0.202. The highest BCUT2D eigenvalue weighted by Crippen LogP contribution is 2.01. The number of aromatic nitrogens is 2. The van der Waals surface area contributed by atoms with Crippen LogP contribution in [0.4, 0.5) is 0 Å². The zero-order valence-corrected chi connectivity index (χ0v) is 4.91. The molecule has 1 aromatic heterocycles. The van der Waals surface area contributed by atoms with Crippen molar-refractivity contribution in [1.29, 1.82) is 0 Å². The molecule has 4 nitrogen and oxygen atoms in total. The monoisotopic (exact) mass is 127 g/mol. The molecule has 0 radical (unpaired) electrons. The Hall–Kier alpha value is -0.870. The van der Waals surface area contributed by atoms with E-state index in [1.165, 1.54) is 0 Å². The normalized spacial score (nSPS) is 13.6. The SMILES string of the molecule is NCC(O)c1ncc[nH]1. The smallest absolute Gasteiger partial charge is 0.136 e. The van der Waals surface area contributed by atoms with Gasteiger partial charge in [-0.2, -0.15) is 0 Å². The summed E-state index contributed by atoms with van der Waals surface area (Å²) in [4.78, 5) is 6.55. The summed E-state index contributed by atoms with van der Waals surface area (Å²) in [5.74, 6) is 0.525. The van der Waals surface area contributed by atoms with Crippen molar-refractivity contribution in [2.75, 3.05) is 6.54 Å². The van der Waals surface area contributed by atoms with Gasteiger partial charge in [-0.05, 0) is 0 Å². The Kier molecular flexibility index (Phi) is 1.81. The van der Waals surface area contributed by atoms with Gasteiger partial charge < -0.3 is 15.8 Å². The lowest BCUT2D eigenvalue weighted by Gasteiger charge is -2.00. The summed E-state index contributed by atoms with van der Waals surface area (Å²) in [6, 6.07) is 0. The van der Waals surface area contributed by atoms with E-state index in [-0.39, 0.29) is 6.54 Å². The quantitative estimate of drug-likeness (QED) is 0.496. The zero-order valence-electron chi connectivity index (χ0n) is 4.91. The summed E-state index contributed by atoms with van der Waals surface area (Å²) >= 11 is 0. The standard InChI is InChI=1S/C5H9N3O/c6-3-4(9)5-7-1-2-8-5/h1-2,4,9H,3,6H2,(H,7,8). The maximum atomic E-state index is 9.00. The fourth-order valence-corrected chi connectivity index (χ4v) is 0.571. The molecule has 0 aliphatic rings. The number of nitrogens with two attached hydrogens (primary N) is 1. The van der Waals surface area contributed by atoms with Crippen LogP contribution in [0.2, 0.25) is 0 Å². The van der Waals surface area contributed by atoms with Crippen molar-refractivity contribution in [3.8, 4) is 0 Å². The Labute approximate surface area is 52.7 Å². The van der Waals surface area contributed by atoms with Gasteiger partial charge in [0.2, 0.25) is 0 Å². The molecule has 0 bridgehead atoms. The number of rotatable bonds is 2. The predicted molar refractivity (Wildman–Crippen MR) is 32.6 cm³/mol. The van der Waals surface area contributed by atoms with E-state index in [2.05, 4.69) is 9.97 Å². The molecule has 1 aromatic rings. The minimum Gasteiger partial charge on any atom is -0.384 e. The number of aliphatic hydroxyl groups excluding tert-OH is 1. The van der Waals surface area contributed by atoms with Gasteiger partial charge >= 0.3 is 0 Å². The van der Waals surface area contributed by atoms with Gasteiger partial charge in [0.15, 0.2) is 0 Å². The molecule has 0 amide bonds. The van der Waals surface area contributed by atoms with E-state index < -0.39 is 6.10 Å². The molecule has 1 atom stereocenters. The van der Waals surface area contributed by atoms with Crippen LogP contribution in [-0.4, -0.2) is 21.6 Å². The third-order valence-corrected chi connectivity index (χ3v) is 1.06. The second kappa shape index (κ2) is 2.61. The summed E-state index contributed by atoms with van der Waals surface area (Å²) in [5, 5.41) is 9.00. The van der Waals surface area contributed by atoms with Crippen molar-refractivity contribution in [2.24, 2.45) is 5.73 Å².